The van der Waals surface area contributed by atoms with Gasteiger partial charge >= 0.3 is 0 Å². The molecule has 0 radical (unpaired) electrons. The predicted octanol–water partition coefficient (Wildman–Crippen LogP) is 0.400. The normalized spacial score (nSPS) is 13.2. The number of aryl methyl sites for hydroxylation is 2. The quantitative estimate of drug-likeness (QED) is 0.0375. The van der Waals surface area contributed by atoms with Crippen molar-refractivity contribution in [3.63, 3.8) is 0 Å². The van der Waals surface area contributed by atoms with Crippen molar-refractivity contribution in [2.45, 2.75) is 117 Å². The van der Waals surface area contributed by atoms with E-state index in [-0.39, 0.29) is 75.7 Å². The number of likely N-dealkylation sites (tertiary alicyclic amines) is 1. The van der Waals surface area contributed by atoms with Crippen LogP contribution >= 0.6 is 0 Å². The lowest BCUT2D eigenvalue weighted by Gasteiger charge is -2.41. The number of nitrogens with one attached hydrogen (secondary N) is 10. The number of carbonyl (C=O) groups excluding carboxylic acids is 9. The van der Waals surface area contributed by atoms with Crippen LogP contribution in [0, 0.1) is 25.5 Å². The maximum atomic E-state index is 13.6. The number of aliphatic hydroxyl groups excluding tert-OH is 1. The molecule has 0 aliphatic carbocycles. The number of hydrogen-bond donors (Lipinski definition) is 13. The Bertz CT molecular complexity index is 2590. The summed E-state index contributed by atoms with van der Waals surface area (Å²) < 4.78 is 27.1. The summed E-state index contributed by atoms with van der Waals surface area (Å²) in [5.74, 6) is -4.98. The van der Waals surface area contributed by atoms with E-state index in [2.05, 4.69) is 97.8 Å². The number of rotatable bonds is 22. The zero-order chi connectivity index (χ0) is 59.7. The molecule has 1 aliphatic heterocycles. The summed E-state index contributed by atoms with van der Waals surface area (Å²) in [4.78, 5) is 110. The van der Waals surface area contributed by atoms with Crippen LogP contribution in [0.5, 0.6) is 0 Å². The number of para-hydroxylation sites is 1. The summed E-state index contributed by atoms with van der Waals surface area (Å²) in [6, 6.07) is 16.6. The molecule has 1 fully saturated rings. The van der Waals surface area contributed by atoms with E-state index < -0.39 is 71.5 Å². The van der Waals surface area contributed by atoms with Crippen LogP contribution in [0.2, 0.25) is 0 Å². The number of benzene rings is 3. The molecule has 436 valence electrons. The van der Waals surface area contributed by atoms with Crippen LogP contribution in [-0.4, -0.2) is 145 Å². The molecule has 15 N–H and O–H groups in total. The van der Waals surface area contributed by atoms with Crippen molar-refractivity contribution in [1.82, 2.24) is 58.0 Å². The number of aromatic amines is 1. The van der Waals surface area contributed by atoms with Crippen molar-refractivity contribution in [3.05, 3.63) is 107 Å². The van der Waals surface area contributed by atoms with Crippen LogP contribution in [0.1, 0.15) is 83.1 Å². The first-order valence-electron chi connectivity index (χ1n) is 25.6. The van der Waals surface area contributed by atoms with Crippen molar-refractivity contribution in [2.24, 2.45) is 11.5 Å². The standard InChI is InChI=1S/C21H29FN6O5.C19H30FN5O4.C9H9N.C3H8.C2H5NO/c1-14-2-3-15(8-16(14)22)9-24-12-19(32)28-6-4-21(5-7-28,20(33)26-10-17(23)30)27-18(31)11-25-13-29;1-11(2)22-10-16(27)24-17(12(3)26)19(29)23-15(18(28)25-21-4)9-13-6-5-7-14(20)8-13;1-7-6-10-9-5-3-2-4-8(7)9;1-3-2;1-2(3)4/h2-3,8,13,24H,4-7,9-12H2,1H3,(H2,23,30)(H,25,29)(H,26,33)(H,27,31);5-8,11-12,15,17,21-22,26H,9-10H2,1-4H3,(H,23,29)(H,24,27)(H,25,28);2-6,10H,1H3;3H2,1-2H3;1H3,(H2,3,4)/t;12?,15-,17?;;;/m.0.../s1. The van der Waals surface area contributed by atoms with Gasteiger partial charge in [-0.3, -0.25) is 48.6 Å². The van der Waals surface area contributed by atoms with Crippen molar-refractivity contribution in [1.29, 1.82) is 0 Å². The Labute approximate surface area is 460 Å². The Hall–Kier alpha value is -7.87. The molecule has 1 saturated heterocycles. The molecule has 2 unspecified atom stereocenters. The maximum absolute atomic E-state index is 13.6. The van der Waals surface area contributed by atoms with E-state index in [0.717, 1.165) is 0 Å². The molecule has 3 aromatic carbocycles. The third-order valence-electron chi connectivity index (χ3n) is 11.2. The Morgan fingerprint density at radius 1 is 0.810 bits per heavy atom. The van der Waals surface area contributed by atoms with Gasteiger partial charge in [0.1, 0.15) is 29.3 Å². The summed E-state index contributed by atoms with van der Waals surface area (Å²) in [5, 5.41) is 29.3. The van der Waals surface area contributed by atoms with Gasteiger partial charge in [-0.05, 0) is 80.1 Å². The lowest BCUT2D eigenvalue weighted by atomic mass is 9.86. The number of fused-ring (bicyclic) bond motifs is 1. The third-order valence-corrected chi connectivity index (χ3v) is 11.2. The fourth-order valence-corrected chi connectivity index (χ4v) is 7.22. The van der Waals surface area contributed by atoms with Crippen LogP contribution < -0.4 is 59.5 Å². The molecule has 23 nitrogen and oxygen atoms in total. The summed E-state index contributed by atoms with van der Waals surface area (Å²) in [6.45, 7) is 14.4. The lowest BCUT2D eigenvalue weighted by molar-refractivity contribution is -0.140. The molecule has 0 spiro atoms. The van der Waals surface area contributed by atoms with E-state index in [9.17, 15) is 57.0 Å². The highest BCUT2D eigenvalue weighted by Crippen LogP contribution is 2.23. The molecular weight excluding hydrogens is 1030 g/mol. The predicted molar refractivity (Wildman–Crippen MR) is 296 cm³/mol. The van der Waals surface area contributed by atoms with Crippen LogP contribution in [0.25, 0.3) is 10.9 Å². The minimum absolute atomic E-state index is 0.0198. The van der Waals surface area contributed by atoms with Crippen molar-refractivity contribution >= 4 is 64.6 Å². The number of amides is 9. The van der Waals surface area contributed by atoms with Gasteiger partial charge in [0.15, 0.2) is 0 Å². The number of carbonyl (C=O) groups is 9. The second-order valence-corrected chi connectivity index (χ2v) is 18.6. The van der Waals surface area contributed by atoms with Crippen LogP contribution in [-0.2, 0) is 56.1 Å². The van der Waals surface area contributed by atoms with Crippen molar-refractivity contribution < 1.29 is 57.0 Å². The molecule has 1 aliphatic rings. The molecule has 4 aromatic rings. The molecule has 9 amide bonds. The number of hydrazine groups is 1. The Kier molecular flexibility index (Phi) is 32.4. The number of hydrogen-bond acceptors (Lipinski definition) is 13. The number of piperidine rings is 1. The average Bonchev–Trinajstić information content (AvgIpc) is 3.77. The fraction of sp³-hybridized carbons (Fsp3) is 0.463. The minimum Gasteiger partial charge on any atom is -0.391 e. The number of H-pyrrole nitrogens is 1. The molecule has 5 rings (SSSR count). The maximum Gasteiger partial charge on any atom is 0.256 e. The van der Waals surface area contributed by atoms with Crippen LogP contribution in [0.3, 0.4) is 0 Å². The minimum atomic E-state index is -1.35. The van der Waals surface area contributed by atoms with Gasteiger partial charge in [-0.25, -0.2) is 14.2 Å². The highest BCUT2D eigenvalue weighted by atomic mass is 19.1. The van der Waals surface area contributed by atoms with Gasteiger partial charge in [-0.1, -0.05) is 76.6 Å². The van der Waals surface area contributed by atoms with Crippen molar-refractivity contribution in [2.75, 3.05) is 46.3 Å². The fourth-order valence-electron chi connectivity index (χ4n) is 7.22. The van der Waals surface area contributed by atoms with Gasteiger partial charge in [0.25, 0.3) is 5.91 Å². The van der Waals surface area contributed by atoms with E-state index in [1.165, 1.54) is 68.0 Å². The summed E-state index contributed by atoms with van der Waals surface area (Å²) in [7, 11) is 1.49. The second kappa shape index (κ2) is 37.0. The molecule has 2 heterocycles. The largest absolute Gasteiger partial charge is 0.391 e. The highest BCUT2D eigenvalue weighted by Gasteiger charge is 2.43. The number of aromatic nitrogens is 1. The summed E-state index contributed by atoms with van der Waals surface area (Å²) >= 11 is 0. The first-order valence-corrected chi connectivity index (χ1v) is 25.6. The van der Waals surface area contributed by atoms with E-state index in [0.29, 0.717) is 29.6 Å². The van der Waals surface area contributed by atoms with E-state index >= 15 is 0 Å². The Morgan fingerprint density at radius 3 is 2.01 bits per heavy atom. The second-order valence-electron chi connectivity index (χ2n) is 18.6. The van der Waals surface area contributed by atoms with Gasteiger partial charge in [0, 0.05) is 63.2 Å². The van der Waals surface area contributed by atoms with E-state index in [1.54, 1.807) is 30.0 Å². The molecule has 79 heavy (non-hydrogen) atoms. The molecular formula is C54H81F2N13O10. The first-order chi connectivity index (χ1) is 37.3. The molecule has 25 heteroatoms. The van der Waals surface area contributed by atoms with E-state index in [4.69, 9.17) is 5.73 Å². The van der Waals surface area contributed by atoms with Gasteiger partial charge in [-0.15, -0.1) is 0 Å². The number of primary amides is 2. The Balaban J connectivity index is 0.000000610. The van der Waals surface area contributed by atoms with Gasteiger partial charge in [-0.2, -0.15) is 0 Å². The van der Waals surface area contributed by atoms with Crippen LogP contribution in [0.15, 0.2) is 72.9 Å². The SMILES string of the molecule is CC(N)=O.CCC.CNNC(=O)[C@H](Cc1cccc(F)c1)NC(=O)C(NC(=O)CNC(C)C)C(C)O.Cc1c[nH]c2ccccc12.Cc1ccc(CNCC(=O)N2CCC(NC(=O)CNC=O)(C(=O)NCC(N)=O)CC2)cc1F. The number of nitrogens with two attached hydrogens (primary N) is 2. The third kappa shape index (κ3) is 27.3. The molecule has 0 bridgehead atoms. The Morgan fingerprint density at radius 2 is 1.46 bits per heavy atom. The number of halogens is 2. The highest BCUT2D eigenvalue weighted by molar-refractivity contribution is 5.95. The zero-order valence-corrected chi connectivity index (χ0v) is 46.6. The van der Waals surface area contributed by atoms with Crippen molar-refractivity contribution in [3.8, 4) is 0 Å². The van der Waals surface area contributed by atoms with Gasteiger partial charge < -0.3 is 63.7 Å². The number of nitrogens with zero attached hydrogens (tertiary/aromatic N) is 1. The van der Waals surface area contributed by atoms with Gasteiger partial charge in [0.05, 0.1) is 32.3 Å². The summed E-state index contributed by atoms with van der Waals surface area (Å²) in [6.07, 6.45) is 2.69. The molecule has 1 aromatic heterocycles. The van der Waals surface area contributed by atoms with E-state index in [1.807, 2.05) is 26.1 Å². The average molecular weight is 1110 g/mol. The lowest BCUT2D eigenvalue weighted by Crippen LogP contribution is -2.65. The summed E-state index contributed by atoms with van der Waals surface area (Å²) in [5.41, 5.74) is 17.3. The smallest absolute Gasteiger partial charge is 0.256 e. The molecule has 0 saturated carbocycles. The molecule has 3 atom stereocenters. The van der Waals surface area contributed by atoms with Crippen LogP contribution in [0.4, 0.5) is 8.78 Å². The first kappa shape index (κ1) is 69.1. The topological polar surface area (TPSA) is 353 Å². The zero-order valence-electron chi connectivity index (χ0n) is 46.6. The monoisotopic (exact) mass is 1110 g/mol. The van der Waals surface area contributed by atoms with Gasteiger partial charge in [0.2, 0.25) is 47.8 Å². The number of aliphatic hydroxyl groups is 1.